The summed E-state index contributed by atoms with van der Waals surface area (Å²) >= 11 is 0. The lowest BCUT2D eigenvalue weighted by molar-refractivity contribution is -0.274. The minimum Gasteiger partial charge on any atom is -0.394 e. The molecule has 94 valence electrons. The first-order valence-electron chi connectivity index (χ1n) is 5.31. The summed E-state index contributed by atoms with van der Waals surface area (Å²) in [5.41, 5.74) is 0. The first kappa shape index (κ1) is 12.2. The van der Waals surface area contributed by atoms with E-state index in [2.05, 4.69) is 0 Å². The summed E-state index contributed by atoms with van der Waals surface area (Å²) in [5.74, 6) is -0.782. The molecular formula is C10H18O6. The monoisotopic (exact) mass is 234 g/mol. The molecule has 0 radical (unpaired) electrons. The van der Waals surface area contributed by atoms with E-state index in [1.54, 1.807) is 13.8 Å². The zero-order chi connectivity index (χ0) is 11.9. The van der Waals surface area contributed by atoms with Gasteiger partial charge in [0.1, 0.15) is 24.4 Å². The zero-order valence-corrected chi connectivity index (χ0v) is 9.62. The smallest absolute Gasteiger partial charge is 0.186 e. The minimum absolute atomic E-state index is 0.201. The van der Waals surface area contributed by atoms with E-state index in [0.717, 1.165) is 0 Å². The van der Waals surface area contributed by atoms with Crippen molar-refractivity contribution in [3.8, 4) is 0 Å². The van der Waals surface area contributed by atoms with Crippen LogP contribution in [0.5, 0.6) is 0 Å². The summed E-state index contributed by atoms with van der Waals surface area (Å²) in [5, 5.41) is 19.2. The van der Waals surface area contributed by atoms with Crippen molar-refractivity contribution in [3.05, 3.63) is 0 Å². The van der Waals surface area contributed by atoms with Gasteiger partial charge >= 0.3 is 0 Å². The molecule has 2 N–H and O–H groups in total. The van der Waals surface area contributed by atoms with E-state index in [9.17, 15) is 10.2 Å². The second-order valence-electron chi connectivity index (χ2n) is 4.52. The van der Waals surface area contributed by atoms with Crippen molar-refractivity contribution in [1.29, 1.82) is 0 Å². The van der Waals surface area contributed by atoms with Gasteiger partial charge in [-0.15, -0.1) is 0 Å². The van der Waals surface area contributed by atoms with Crippen LogP contribution in [0.25, 0.3) is 0 Å². The Bertz CT molecular complexity index is 256. The highest BCUT2D eigenvalue weighted by Gasteiger charge is 2.54. The second-order valence-corrected chi connectivity index (χ2v) is 4.52. The van der Waals surface area contributed by atoms with E-state index in [0.29, 0.717) is 0 Å². The molecule has 6 heteroatoms. The van der Waals surface area contributed by atoms with E-state index in [4.69, 9.17) is 18.9 Å². The molecule has 0 aliphatic carbocycles. The van der Waals surface area contributed by atoms with E-state index in [1.165, 1.54) is 7.11 Å². The highest BCUT2D eigenvalue weighted by molar-refractivity contribution is 4.96. The van der Waals surface area contributed by atoms with Gasteiger partial charge in [-0.3, -0.25) is 0 Å². The molecule has 2 saturated heterocycles. The molecule has 0 aromatic carbocycles. The maximum Gasteiger partial charge on any atom is 0.186 e. The molecular weight excluding hydrogens is 216 g/mol. The van der Waals surface area contributed by atoms with Gasteiger partial charge in [0.25, 0.3) is 0 Å². The van der Waals surface area contributed by atoms with Gasteiger partial charge in [-0.1, -0.05) is 0 Å². The molecule has 0 unspecified atom stereocenters. The Morgan fingerprint density at radius 3 is 2.44 bits per heavy atom. The number of hydrogen-bond acceptors (Lipinski definition) is 6. The fourth-order valence-electron chi connectivity index (χ4n) is 2.20. The van der Waals surface area contributed by atoms with Crippen LogP contribution in [-0.2, 0) is 18.9 Å². The molecule has 0 amide bonds. The van der Waals surface area contributed by atoms with Crippen LogP contribution >= 0.6 is 0 Å². The molecule has 0 saturated carbocycles. The second kappa shape index (κ2) is 4.21. The van der Waals surface area contributed by atoms with E-state index in [1.807, 2.05) is 0 Å². The number of aliphatic hydroxyl groups is 2. The standard InChI is InChI=1S/C10H18O6/c1-10(2)15-7-5(4-11)14-9(13-3)6(12)8(7)16-10/h5-9,11-12H,4H2,1-3H3/t5-,6+,7+,8+,9-/m1/s1. The predicted octanol–water partition coefficient (Wildman–Crippen LogP) is -0.769. The van der Waals surface area contributed by atoms with Crippen molar-refractivity contribution in [2.24, 2.45) is 0 Å². The average Bonchev–Trinajstić information content (AvgIpc) is 2.55. The Kier molecular flexibility index (Phi) is 3.22. The van der Waals surface area contributed by atoms with Crippen LogP contribution in [0.15, 0.2) is 0 Å². The van der Waals surface area contributed by atoms with Crippen molar-refractivity contribution in [2.45, 2.75) is 50.3 Å². The fraction of sp³-hybridized carbons (Fsp3) is 1.00. The Balaban J connectivity index is 2.18. The summed E-state index contributed by atoms with van der Waals surface area (Å²) in [6.45, 7) is 3.32. The molecule has 0 spiro atoms. The number of methoxy groups -OCH3 is 1. The lowest BCUT2D eigenvalue weighted by Gasteiger charge is -2.38. The lowest BCUT2D eigenvalue weighted by atomic mass is 9.99. The van der Waals surface area contributed by atoms with E-state index >= 15 is 0 Å². The van der Waals surface area contributed by atoms with Crippen molar-refractivity contribution in [2.75, 3.05) is 13.7 Å². The van der Waals surface area contributed by atoms with Gasteiger partial charge in [-0.25, -0.2) is 0 Å². The van der Waals surface area contributed by atoms with Gasteiger partial charge in [0, 0.05) is 7.11 Å². The van der Waals surface area contributed by atoms with Gasteiger partial charge in [0.15, 0.2) is 12.1 Å². The van der Waals surface area contributed by atoms with Crippen molar-refractivity contribution in [3.63, 3.8) is 0 Å². The first-order chi connectivity index (χ1) is 7.48. The van der Waals surface area contributed by atoms with Crippen LogP contribution in [-0.4, -0.2) is 60.4 Å². The molecule has 0 aromatic heterocycles. The van der Waals surface area contributed by atoms with Crippen LogP contribution in [0.3, 0.4) is 0 Å². The number of fused-ring (bicyclic) bond motifs is 1. The average molecular weight is 234 g/mol. The Morgan fingerprint density at radius 2 is 1.88 bits per heavy atom. The molecule has 2 aliphatic heterocycles. The van der Waals surface area contributed by atoms with Crippen LogP contribution in [0.1, 0.15) is 13.8 Å². The molecule has 5 atom stereocenters. The summed E-state index contributed by atoms with van der Waals surface area (Å²) in [6, 6.07) is 0. The number of ether oxygens (including phenoxy) is 4. The molecule has 2 rings (SSSR count). The van der Waals surface area contributed by atoms with Crippen LogP contribution in [0.2, 0.25) is 0 Å². The third kappa shape index (κ3) is 1.97. The summed E-state index contributed by atoms with van der Waals surface area (Å²) in [7, 11) is 1.43. The predicted molar refractivity (Wildman–Crippen MR) is 52.6 cm³/mol. The topological polar surface area (TPSA) is 77.4 Å². The van der Waals surface area contributed by atoms with Gasteiger partial charge in [-0.2, -0.15) is 0 Å². The molecule has 2 fully saturated rings. The highest BCUT2D eigenvalue weighted by atomic mass is 16.8. The maximum atomic E-state index is 9.95. The van der Waals surface area contributed by atoms with Crippen molar-refractivity contribution < 1.29 is 29.2 Å². The minimum atomic E-state index is -0.917. The quantitative estimate of drug-likeness (QED) is 0.653. The first-order valence-corrected chi connectivity index (χ1v) is 5.31. The fourth-order valence-corrected chi connectivity index (χ4v) is 2.20. The zero-order valence-electron chi connectivity index (χ0n) is 9.62. The van der Waals surface area contributed by atoms with Gasteiger partial charge in [0.2, 0.25) is 0 Å². The number of aliphatic hydroxyl groups excluding tert-OH is 2. The molecule has 16 heavy (non-hydrogen) atoms. The molecule has 2 aliphatic rings. The van der Waals surface area contributed by atoms with Crippen LogP contribution in [0, 0.1) is 0 Å². The summed E-state index contributed by atoms with van der Waals surface area (Å²) in [6.07, 6.45) is -3.26. The molecule has 6 nitrogen and oxygen atoms in total. The Labute approximate surface area is 94.1 Å². The van der Waals surface area contributed by atoms with Crippen molar-refractivity contribution in [1.82, 2.24) is 0 Å². The van der Waals surface area contributed by atoms with E-state index in [-0.39, 0.29) is 6.61 Å². The normalized spacial score (nSPS) is 46.7. The summed E-state index contributed by atoms with van der Waals surface area (Å²) < 4.78 is 21.6. The maximum absolute atomic E-state index is 9.95. The largest absolute Gasteiger partial charge is 0.394 e. The highest BCUT2D eigenvalue weighted by Crippen LogP contribution is 2.37. The Hall–Kier alpha value is -0.240. The number of rotatable bonds is 2. The van der Waals surface area contributed by atoms with Gasteiger partial charge in [-0.05, 0) is 13.8 Å². The van der Waals surface area contributed by atoms with Gasteiger partial charge < -0.3 is 29.2 Å². The van der Waals surface area contributed by atoms with Crippen LogP contribution < -0.4 is 0 Å². The third-order valence-corrected chi connectivity index (χ3v) is 2.87. The van der Waals surface area contributed by atoms with Gasteiger partial charge in [0.05, 0.1) is 6.61 Å². The van der Waals surface area contributed by atoms with E-state index < -0.39 is 36.5 Å². The van der Waals surface area contributed by atoms with Crippen LogP contribution in [0.4, 0.5) is 0 Å². The SMILES string of the molecule is CO[C@@H]1O[C@H](CO)[C@@H]2OC(C)(C)O[C@H]2[C@@H]1O. The molecule has 0 aromatic rings. The summed E-state index contributed by atoms with van der Waals surface area (Å²) in [4.78, 5) is 0. The Morgan fingerprint density at radius 1 is 1.25 bits per heavy atom. The third-order valence-electron chi connectivity index (χ3n) is 2.87. The van der Waals surface area contributed by atoms with Crippen molar-refractivity contribution >= 4 is 0 Å². The number of hydrogen-bond donors (Lipinski definition) is 2. The lowest BCUT2D eigenvalue weighted by Crippen LogP contribution is -2.57. The molecule has 0 bridgehead atoms. The molecule has 2 heterocycles.